The molecule has 0 bridgehead atoms. The van der Waals surface area contributed by atoms with Crippen LogP contribution in [0.3, 0.4) is 0 Å². The summed E-state index contributed by atoms with van der Waals surface area (Å²) in [5.74, 6) is 0.670. The van der Waals surface area contributed by atoms with Crippen LogP contribution in [0, 0.1) is 17.7 Å². The molecule has 1 aliphatic rings. The Bertz CT molecular complexity index is 430. The molecule has 0 spiro atoms. The first kappa shape index (κ1) is 12.6. The first-order chi connectivity index (χ1) is 8.06. The van der Waals surface area contributed by atoms with Gasteiger partial charge in [0.2, 0.25) is 0 Å². The molecule has 1 nitrogen and oxygen atoms in total. The Morgan fingerprint density at radius 3 is 2.82 bits per heavy atom. The maximum atomic E-state index is 13.0. The summed E-state index contributed by atoms with van der Waals surface area (Å²) in [6.45, 7) is 2.18. The second kappa shape index (κ2) is 5.18. The van der Waals surface area contributed by atoms with E-state index >= 15 is 0 Å². The van der Waals surface area contributed by atoms with Crippen LogP contribution < -0.4 is 0 Å². The van der Waals surface area contributed by atoms with Gasteiger partial charge in [0.05, 0.1) is 5.02 Å². The van der Waals surface area contributed by atoms with E-state index in [0.717, 1.165) is 24.8 Å². The maximum Gasteiger partial charge on any atom is 0.141 e. The SMILES string of the molecule is CC1CCC(C(=O)Cc2ccc(F)c(Cl)c2)C1. The summed E-state index contributed by atoms with van der Waals surface area (Å²) < 4.78 is 13.0. The van der Waals surface area contributed by atoms with E-state index in [4.69, 9.17) is 11.6 Å². The Labute approximate surface area is 106 Å². The van der Waals surface area contributed by atoms with E-state index in [-0.39, 0.29) is 16.7 Å². The van der Waals surface area contributed by atoms with Crippen molar-refractivity contribution in [2.75, 3.05) is 0 Å². The highest BCUT2D eigenvalue weighted by Crippen LogP contribution is 2.31. The van der Waals surface area contributed by atoms with Crippen molar-refractivity contribution >= 4 is 17.4 Å². The molecule has 0 radical (unpaired) electrons. The zero-order valence-corrected chi connectivity index (χ0v) is 10.6. The number of hydrogen-bond donors (Lipinski definition) is 0. The van der Waals surface area contributed by atoms with E-state index in [2.05, 4.69) is 6.92 Å². The van der Waals surface area contributed by atoms with Gasteiger partial charge in [0.1, 0.15) is 11.6 Å². The van der Waals surface area contributed by atoms with Crippen LogP contribution >= 0.6 is 11.6 Å². The lowest BCUT2D eigenvalue weighted by molar-refractivity contribution is -0.122. The third-order valence-electron chi connectivity index (χ3n) is 3.51. The summed E-state index contributed by atoms with van der Waals surface area (Å²) in [6, 6.07) is 4.51. The fourth-order valence-corrected chi connectivity index (χ4v) is 2.70. The second-order valence-corrected chi connectivity index (χ2v) is 5.41. The van der Waals surface area contributed by atoms with Gasteiger partial charge in [-0.3, -0.25) is 4.79 Å². The largest absolute Gasteiger partial charge is 0.299 e. The molecule has 0 aromatic heterocycles. The van der Waals surface area contributed by atoms with E-state index in [1.165, 1.54) is 6.07 Å². The quantitative estimate of drug-likeness (QED) is 0.796. The van der Waals surface area contributed by atoms with Gasteiger partial charge < -0.3 is 0 Å². The van der Waals surface area contributed by atoms with Crippen molar-refractivity contribution in [3.8, 4) is 0 Å². The summed E-state index contributed by atoms with van der Waals surface area (Å²) >= 11 is 5.69. The van der Waals surface area contributed by atoms with Crippen molar-refractivity contribution < 1.29 is 9.18 Å². The normalized spacial score (nSPS) is 23.9. The molecule has 92 valence electrons. The fraction of sp³-hybridized carbons (Fsp3) is 0.500. The predicted octanol–water partition coefficient (Wildman–Crippen LogP) is 4.03. The number of halogens is 2. The number of hydrogen-bond acceptors (Lipinski definition) is 1. The standard InChI is InChI=1S/C14H16ClFO/c1-9-2-4-11(6-9)14(17)8-10-3-5-13(16)12(15)7-10/h3,5,7,9,11H,2,4,6,8H2,1H3. The predicted molar refractivity (Wildman–Crippen MR) is 66.6 cm³/mol. The molecule has 0 heterocycles. The number of Topliss-reactive ketones (excluding diaryl/α,β-unsaturated/α-hetero) is 1. The summed E-state index contributed by atoms with van der Waals surface area (Å²) in [6.07, 6.45) is 3.50. The summed E-state index contributed by atoms with van der Waals surface area (Å²) in [5.41, 5.74) is 0.806. The molecule has 0 amide bonds. The Kier molecular flexibility index (Phi) is 3.82. The average Bonchev–Trinajstić information content (AvgIpc) is 2.70. The highest BCUT2D eigenvalue weighted by atomic mass is 35.5. The molecule has 3 heteroatoms. The van der Waals surface area contributed by atoms with Gasteiger partial charge >= 0.3 is 0 Å². The van der Waals surface area contributed by atoms with Crippen molar-refractivity contribution in [3.63, 3.8) is 0 Å². The zero-order valence-electron chi connectivity index (χ0n) is 9.88. The van der Waals surface area contributed by atoms with Crippen LogP contribution in [-0.2, 0) is 11.2 Å². The molecule has 2 rings (SSSR count). The van der Waals surface area contributed by atoms with Crippen LogP contribution in [0.25, 0.3) is 0 Å². The average molecular weight is 255 g/mol. The first-order valence-corrected chi connectivity index (χ1v) is 6.40. The Balaban J connectivity index is 2.00. The van der Waals surface area contributed by atoms with Gasteiger partial charge in [-0.1, -0.05) is 24.6 Å². The van der Waals surface area contributed by atoms with Crippen LogP contribution in [0.15, 0.2) is 18.2 Å². The number of carbonyl (C=O) groups is 1. The topological polar surface area (TPSA) is 17.1 Å². The molecule has 1 aromatic carbocycles. The number of ketones is 1. The maximum absolute atomic E-state index is 13.0. The van der Waals surface area contributed by atoms with Crippen molar-refractivity contribution in [2.45, 2.75) is 32.6 Å². The lowest BCUT2D eigenvalue weighted by atomic mass is 9.96. The lowest BCUT2D eigenvalue weighted by Gasteiger charge is -2.08. The van der Waals surface area contributed by atoms with Crippen molar-refractivity contribution in [1.29, 1.82) is 0 Å². The van der Waals surface area contributed by atoms with E-state index in [9.17, 15) is 9.18 Å². The minimum atomic E-state index is -0.433. The van der Waals surface area contributed by atoms with Gasteiger partial charge in [-0.25, -0.2) is 4.39 Å². The summed E-state index contributed by atoms with van der Waals surface area (Å²) in [5, 5.41) is 0.0927. The van der Waals surface area contributed by atoms with Crippen LogP contribution in [0.2, 0.25) is 5.02 Å². The van der Waals surface area contributed by atoms with Crippen LogP contribution in [0.1, 0.15) is 31.7 Å². The van der Waals surface area contributed by atoms with E-state index in [0.29, 0.717) is 12.3 Å². The molecule has 0 aliphatic heterocycles. The molecule has 1 aliphatic carbocycles. The van der Waals surface area contributed by atoms with Gasteiger partial charge in [-0.15, -0.1) is 0 Å². The third-order valence-corrected chi connectivity index (χ3v) is 3.80. The monoisotopic (exact) mass is 254 g/mol. The van der Waals surface area contributed by atoms with Crippen molar-refractivity contribution in [2.24, 2.45) is 11.8 Å². The van der Waals surface area contributed by atoms with E-state index in [1.807, 2.05) is 0 Å². The minimum absolute atomic E-state index is 0.0927. The zero-order chi connectivity index (χ0) is 12.4. The first-order valence-electron chi connectivity index (χ1n) is 6.03. The molecular formula is C14H16ClFO. The molecule has 1 aromatic rings. The summed E-state index contributed by atoms with van der Waals surface area (Å²) in [4.78, 5) is 12.0. The minimum Gasteiger partial charge on any atom is -0.299 e. The molecule has 1 fully saturated rings. The number of carbonyl (C=O) groups excluding carboxylic acids is 1. The molecule has 2 unspecified atom stereocenters. The van der Waals surface area contributed by atoms with Crippen LogP contribution in [-0.4, -0.2) is 5.78 Å². The summed E-state index contributed by atoms with van der Waals surface area (Å²) in [7, 11) is 0. The van der Waals surface area contributed by atoms with E-state index in [1.54, 1.807) is 12.1 Å². The Morgan fingerprint density at radius 2 is 2.24 bits per heavy atom. The molecule has 0 saturated heterocycles. The highest BCUT2D eigenvalue weighted by Gasteiger charge is 2.27. The van der Waals surface area contributed by atoms with Crippen molar-refractivity contribution in [3.05, 3.63) is 34.6 Å². The molecular weight excluding hydrogens is 239 g/mol. The van der Waals surface area contributed by atoms with Crippen molar-refractivity contribution in [1.82, 2.24) is 0 Å². The van der Waals surface area contributed by atoms with Gasteiger partial charge in [-0.05, 0) is 42.9 Å². The van der Waals surface area contributed by atoms with Gasteiger partial charge in [0.15, 0.2) is 0 Å². The molecule has 1 saturated carbocycles. The van der Waals surface area contributed by atoms with Gasteiger partial charge in [0, 0.05) is 12.3 Å². The smallest absolute Gasteiger partial charge is 0.141 e. The fourth-order valence-electron chi connectivity index (χ4n) is 2.49. The second-order valence-electron chi connectivity index (χ2n) is 5.01. The van der Waals surface area contributed by atoms with Gasteiger partial charge in [-0.2, -0.15) is 0 Å². The number of benzene rings is 1. The van der Waals surface area contributed by atoms with Crippen LogP contribution in [0.5, 0.6) is 0 Å². The Morgan fingerprint density at radius 1 is 1.47 bits per heavy atom. The Hall–Kier alpha value is -0.890. The van der Waals surface area contributed by atoms with E-state index < -0.39 is 5.82 Å². The highest BCUT2D eigenvalue weighted by molar-refractivity contribution is 6.30. The molecule has 17 heavy (non-hydrogen) atoms. The van der Waals surface area contributed by atoms with Crippen LogP contribution in [0.4, 0.5) is 4.39 Å². The third kappa shape index (κ3) is 3.06. The lowest BCUT2D eigenvalue weighted by Crippen LogP contribution is -2.14. The molecule has 2 atom stereocenters. The number of rotatable bonds is 3. The molecule has 0 N–H and O–H groups in total. The van der Waals surface area contributed by atoms with Gasteiger partial charge in [0.25, 0.3) is 0 Å².